The number of nitrogens with zero attached hydrogens (tertiary/aromatic N) is 2. The van der Waals surface area contributed by atoms with E-state index >= 15 is 0 Å². The van der Waals surface area contributed by atoms with Gasteiger partial charge in [-0.1, -0.05) is 25.1 Å². The molecule has 1 aromatic carbocycles. The number of hydrogen-bond acceptors (Lipinski definition) is 4. The van der Waals surface area contributed by atoms with E-state index in [4.69, 9.17) is 0 Å². The van der Waals surface area contributed by atoms with Gasteiger partial charge >= 0.3 is 0 Å². The summed E-state index contributed by atoms with van der Waals surface area (Å²) in [6, 6.07) is 6.67. The standard InChI is InChI=1S/C15H21N3O3/c1-2-9-17(13-7-8-16-11-13)15(19)10-12-5-3-4-6-14(12)18(20)21/h3-6,13,16H,2,7-11H2,1H3. The molecule has 1 N–H and O–H groups in total. The van der Waals surface area contributed by atoms with E-state index in [-0.39, 0.29) is 24.1 Å². The van der Waals surface area contributed by atoms with Crippen LogP contribution in [0.4, 0.5) is 5.69 Å². The number of nitro benzene ring substituents is 1. The van der Waals surface area contributed by atoms with Crippen LogP contribution in [-0.4, -0.2) is 41.4 Å². The highest BCUT2D eigenvalue weighted by Gasteiger charge is 2.27. The number of nitro groups is 1. The van der Waals surface area contributed by atoms with Crippen molar-refractivity contribution in [2.45, 2.75) is 32.2 Å². The molecule has 0 radical (unpaired) electrons. The molecule has 0 saturated carbocycles. The van der Waals surface area contributed by atoms with Gasteiger partial charge in [0.15, 0.2) is 0 Å². The van der Waals surface area contributed by atoms with Crippen molar-refractivity contribution in [1.82, 2.24) is 10.2 Å². The summed E-state index contributed by atoms with van der Waals surface area (Å²) in [5, 5.41) is 14.3. The Labute approximate surface area is 124 Å². The zero-order chi connectivity index (χ0) is 15.2. The van der Waals surface area contributed by atoms with Crippen molar-refractivity contribution >= 4 is 11.6 Å². The molecule has 1 atom stereocenters. The second-order valence-electron chi connectivity index (χ2n) is 5.30. The highest BCUT2D eigenvalue weighted by atomic mass is 16.6. The van der Waals surface area contributed by atoms with Gasteiger partial charge in [0, 0.05) is 30.8 Å². The fraction of sp³-hybridized carbons (Fsp3) is 0.533. The Balaban J connectivity index is 2.13. The molecule has 6 nitrogen and oxygen atoms in total. The lowest BCUT2D eigenvalue weighted by molar-refractivity contribution is -0.385. The molecular weight excluding hydrogens is 270 g/mol. The molecule has 1 heterocycles. The highest BCUT2D eigenvalue weighted by Crippen LogP contribution is 2.20. The summed E-state index contributed by atoms with van der Waals surface area (Å²) in [6.45, 7) is 4.46. The van der Waals surface area contributed by atoms with E-state index in [1.165, 1.54) is 6.07 Å². The van der Waals surface area contributed by atoms with E-state index < -0.39 is 4.92 Å². The Morgan fingerprint density at radius 3 is 2.86 bits per heavy atom. The van der Waals surface area contributed by atoms with Gasteiger partial charge in [-0.3, -0.25) is 14.9 Å². The second-order valence-corrected chi connectivity index (χ2v) is 5.30. The lowest BCUT2D eigenvalue weighted by Crippen LogP contribution is -2.42. The molecule has 21 heavy (non-hydrogen) atoms. The van der Waals surface area contributed by atoms with Gasteiger partial charge in [-0.05, 0) is 19.4 Å². The van der Waals surface area contributed by atoms with Gasteiger partial charge in [0.05, 0.1) is 11.3 Å². The summed E-state index contributed by atoms with van der Waals surface area (Å²) >= 11 is 0. The topological polar surface area (TPSA) is 75.5 Å². The number of amides is 1. The molecule has 2 rings (SSSR count). The highest BCUT2D eigenvalue weighted by molar-refractivity contribution is 5.80. The predicted octanol–water partition coefficient (Wildman–Crippen LogP) is 1.74. The maximum atomic E-state index is 12.5. The maximum Gasteiger partial charge on any atom is 0.273 e. The van der Waals surface area contributed by atoms with Gasteiger partial charge in [-0.15, -0.1) is 0 Å². The van der Waals surface area contributed by atoms with E-state index in [0.29, 0.717) is 12.1 Å². The molecule has 1 aromatic rings. The predicted molar refractivity (Wildman–Crippen MR) is 80.1 cm³/mol. The molecule has 0 bridgehead atoms. The van der Waals surface area contributed by atoms with Crippen molar-refractivity contribution in [3.05, 3.63) is 39.9 Å². The van der Waals surface area contributed by atoms with Gasteiger partial charge in [-0.25, -0.2) is 0 Å². The molecule has 0 spiro atoms. The minimum Gasteiger partial charge on any atom is -0.338 e. The average Bonchev–Trinajstić information content (AvgIpc) is 2.98. The number of rotatable bonds is 6. The van der Waals surface area contributed by atoms with Gasteiger partial charge in [0.25, 0.3) is 5.69 Å². The zero-order valence-electron chi connectivity index (χ0n) is 12.2. The van der Waals surface area contributed by atoms with Crippen molar-refractivity contribution in [3.8, 4) is 0 Å². The minimum absolute atomic E-state index is 0.0202. The van der Waals surface area contributed by atoms with Crippen LogP contribution in [-0.2, 0) is 11.2 Å². The third-order valence-corrected chi connectivity index (χ3v) is 3.79. The van der Waals surface area contributed by atoms with E-state index in [2.05, 4.69) is 5.32 Å². The third-order valence-electron chi connectivity index (χ3n) is 3.79. The quantitative estimate of drug-likeness (QED) is 0.640. The molecule has 1 saturated heterocycles. The van der Waals surface area contributed by atoms with Crippen LogP contribution in [0.15, 0.2) is 24.3 Å². The zero-order valence-corrected chi connectivity index (χ0v) is 12.2. The Bertz CT molecular complexity index is 513. The summed E-state index contributed by atoms with van der Waals surface area (Å²) < 4.78 is 0. The normalized spacial score (nSPS) is 17.7. The van der Waals surface area contributed by atoms with Crippen LogP contribution in [0.2, 0.25) is 0 Å². The molecule has 0 aliphatic carbocycles. The molecule has 1 fully saturated rings. The van der Waals surface area contributed by atoms with Crippen LogP contribution in [0.3, 0.4) is 0 Å². The molecule has 6 heteroatoms. The molecule has 1 aliphatic rings. The summed E-state index contributed by atoms with van der Waals surface area (Å²) in [4.78, 5) is 25.0. The minimum atomic E-state index is -0.427. The fourth-order valence-corrected chi connectivity index (χ4v) is 2.76. The summed E-state index contributed by atoms with van der Waals surface area (Å²) in [5.41, 5.74) is 0.506. The van der Waals surface area contributed by atoms with Gasteiger partial charge in [0.1, 0.15) is 0 Å². The fourth-order valence-electron chi connectivity index (χ4n) is 2.76. The number of nitrogens with one attached hydrogen (secondary N) is 1. The van der Waals surface area contributed by atoms with E-state index in [0.717, 1.165) is 25.9 Å². The van der Waals surface area contributed by atoms with Crippen LogP contribution in [0.25, 0.3) is 0 Å². The molecule has 1 aliphatic heterocycles. The maximum absolute atomic E-state index is 12.5. The van der Waals surface area contributed by atoms with Crippen molar-refractivity contribution in [2.24, 2.45) is 0 Å². The van der Waals surface area contributed by atoms with Crippen molar-refractivity contribution in [2.75, 3.05) is 19.6 Å². The Hall–Kier alpha value is -1.95. The number of para-hydroxylation sites is 1. The monoisotopic (exact) mass is 291 g/mol. The molecule has 114 valence electrons. The lowest BCUT2D eigenvalue weighted by Gasteiger charge is -2.28. The number of hydrogen-bond donors (Lipinski definition) is 1. The van der Waals surface area contributed by atoms with Crippen molar-refractivity contribution in [3.63, 3.8) is 0 Å². The van der Waals surface area contributed by atoms with Crippen molar-refractivity contribution in [1.29, 1.82) is 0 Å². The van der Waals surface area contributed by atoms with Crippen LogP contribution in [0.1, 0.15) is 25.3 Å². The van der Waals surface area contributed by atoms with Crippen LogP contribution in [0, 0.1) is 10.1 Å². The molecular formula is C15H21N3O3. The smallest absolute Gasteiger partial charge is 0.273 e. The molecule has 1 unspecified atom stereocenters. The first-order valence-corrected chi connectivity index (χ1v) is 7.36. The lowest BCUT2D eigenvalue weighted by atomic mass is 10.1. The van der Waals surface area contributed by atoms with Crippen molar-refractivity contribution < 1.29 is 9.72 Å². The SMILES string of the molecule is CCCN(C(=O)Cc1ccccc1[N+](=O)[O-])C1CCNC1. The third kappa shape index (κ3) is 3.78. The molecule has 0 aromatic heterocycles. The Kier molecular flexibility index (Phi) is 5.27. The average molecular weight is 291 g/mol. The number of carbonyl (C=O) groups excluding carboxylic acids is 1. The first-order valence-electron chi connectivity index (χ1n) is 7.36. The van der Waals surface area contributed by atoms with E-state index in [9.17, 15) is 14.9 Å². The Morgan fingerprint density at radius 2 is 2.24 bits per heavy atom. The largest absolute Gasteiger partial charge is 0.338 e. The van der Waals surface area contributed by atoms with Crippen LogP contribution in [0.5, 0.6) is 0 Å². The number of carbonyl (C=O) groups is 1. The second kappa shape index (κ2) is 7.17. The summed E-state index contributed by atoms with van der Waals surface area (Å²) in [7, 11) is 0. The Morgan fingerprint density at radius 1 is 1.48 bits per heavy atom. The summed E-state index contributed by atoms with van der Waals surface area (Å²) in [5.74, 6) is -0.0279. The first-order chi connectivity index (χ1) is 10.1. The van der Waals surface area contributed by atoms with Gasteiger partial charge in [-0.2, -0.15) is 0 Å². The first kappa shape index (κ1) is 15.4. The van der Waals surface area contributed by atoms with E-state index in [1.807, 2.05) is 11.8 Å². The number of benzene rings is 1. The van der Waals surface area contributed by atoms with Gasteiger partial charge < -0.3 is 10.2 Å². The molecule has 1 amide bonds. The van der Waals surface area contributed by atoms with Crippen LogP contribution < -0.4 is 5.32 Å². The van der Waals surface area contributed by atoms with E-state index in [1.54, 1.807) is 18.2 Å². The summed E-state index contributed by atoms with van der Waals surface area (Å²) in [6.07, 6.45) is 1.93. The van der Waals surface area contributed by atoms with Crippen LogP contribution >= 0.6 is 0 Å². The van der Waals surface area contributed by atoms with Gasteiger partial charge in [0.2, 0.25) is 5.91 Å².